The average Bonchev–Trinajstić information content (AvgIpc) is 3.52. The number of carbonyl (C=O) groups excluding carboxylic acids is 2. The molecule has 2 aromatic carbocycles. The number of aromatic nitrogens is 4. The number of amides is 2. The maximum atomic E-state index is 12.8. The molecular formula is C24H23N7O4S2. The third kappa shape index (κ3) is 6.19. The number of nitro groups is 1. The molecule has 2 aromatic heterocycles. The summed E-state index contributed by atoms with van der Waals surface area (Å²) in [5, 5.41) is 28.1. The van der Waals surface area contributed by atoms with Gasteiger partial charge in [0.1, 0.15) is 0 Å². The zero-order valence-electron chi connectivity index (χ0n) is 20.2. The van der Waals surface area contributed by atoms with Crippen molar-refractivity contribution in [3.05, 3.63) is 86.2 Å². The first-order valence-corrected chi connectivity index (χ1v) is 13.0. The fraction of sp³-hybridized carbons (Fsp3) is 0.208. The zero-order valence-corrected chi connectivity index (χ0v) is 21.9. The summed E-state index contributed by atoms with van der Waals surface area (Å²) < 4.78 is 1.81. The van der Waals surface area contributed by atoms with Gasteiger partial charge in [-0.3, -0.25) is 24.3 Å². The van der Waals surface area contributed by atoms with Crippen LogP contribution in [0.25, 0.3) is 5.69 Å². The number of thiazole rings is 1. The molecule has 0 spiro atoms. The number of anilines is 1. The van der Waals surface area contributed by atoms with Gasteiger partial charge in [-0.1, -0.05) is 30.0 Å². The normalized spacial score (nSPS) is 10.8. The van der Waals surface area contributed by atoms with Gasteiger partial charge in [0.05, 0.1) is 22.9 Å². The van der Waals surface area contributed by atoms with Crippen LogP contribution in [-0.2, 0) is 11.3 Å². The van der Waals surface area contributed by atoms with Gasteiger partial charge in [0, 0.05) is 28.8 Å². The summed E-state index contributed by atoms with van der Waals surface area (Å²) in [4.78, 5) is 40.0. The van der Waals surface area contributed by atoms with E-state index in [9.17, 15) is 19.7 Å². The third-order valence-electron chi connectivity index (χ3n) is 5.39. The van der Waals surface area contributed by atoms with Gasteiger partial charge >= 0.3 is 0 Å². The van der Waals surface area contributed by atoms with Crippen molar-refractivity contribution in [1.29, 1.82) is 0 Å². The molecule has 0 bridgehead atoms. The summed E-state index contributed by atoms with van der Waals surface area (Å²) in [6.07, 6.45) is 1.61. The maximum absolute atomic E-state index is 12.8. The van der Waals surface area contributed by atoms with Crippen LogP contribution in [0.1, 0.15) is 32.9 Å². The Morgan fingerprint density at radius 1 is 1.11 bits per heavy atom. The molecule has 4 aromatic rings. The van der Waals surface area contributed by atoms with Gasteiger partial charge in [-0.2, -0.15) is 0 Å². The number of benzene rings is 2. The molecule has 0 radical (unpaired) electrons. The van der Waals surface area contributed by atoms with E-state index in [-0.39, 0.29) is 29.5 Å². The Morgan fingerprint density at radius 2 is 1.89 bits per heavy atom. The number of nitrogens with zero attached hydrogens (tertiary/aromatic N) is 5. The summed E-state index contributed by atoms with van der Waals surface area (Å²) in [5.74, 6) is -0.171. The van der Waals surface area contributed by atoms with Gasteiger partial charge in [-0.05, 0) is 44.0 Å². The number of thioether (sulfide) groups is 1. The summed E-state index contributed by atoms with van der Waals surface area (Å²) in [6.45, 7) is 5.55. The lowest BCUT2D eigenvalue weighted by atomic mass is 10.1. The molecule has 0 saturated heterocycles. The highest BCUT2D eigenvalue weighted by atomic mass is 32.2. The minimum atomic E-state index is -0.516. The lowest BCUT2D eigenvalue weighted by Gasteiger charge is -2.14. The second-order valence-corrected chi connectivity index (χ2v) is 9.98. The monoisotopic (exact) mass is 537 g/mol. The lowest BCUT2D eigenvalue weighted by Crippen LogP contribution is -2.25. The molecule has 190 valence electrons. The van der Waals surface area contributed by atoms with E-state index in [0.717, 1.165) is 16.8 Å². The molecule has 4 rings (SSSR count). The number of rotatable bonds is 9. The molecular weight excluding hydrogens is 514 g/mol. The van der Waals surface area contributed by atoms with Crippen molar-refractivity contribution in [1.82, 2.24) is 25.1 Å². The standard InChI is InChI=1S/C24H23N7O4S2/c1-14-4-5-15(2)18(10-14)30-20(12-26-22(33)17-7-6-16(3)19(11-17)31(34)35)28-29-24(30)37-13-21(32)27-23-25-8-9-36-23/h4-11H,12-13H2,1-3H3,(H,26,33)(H,25,27,32). The van der Waals surface area contributed by atoms with Crippen LogP contribution in [0, 0.1) is 30.9 Å². The van der Waals surface area contributed by atoms with E-state index in [1.807, 2.05) is 36.6 Å². The summed E-state index contributed by atoms with van der Waals surface area (Å²) in [5.41, 5.74) is 3.32. The number of carbonyl (C=O) groups is 2. The Hall–Kier alpha value is -4.10. The number of nitro benzene ring substituents is 1. The topological polar surface area (TPSA) is 145 Å². The van der Waals surface area contributed by atoms with Crippen molar-refractivity contribution in [2.75, 3.05) is 11.1 Å². The van der Waals surface area contributed by atoms with E-state index in [4.69, 9.17) is 0 Å². The number of nitrogens with one attached hydrogen (secondary N) is 2. The first kappa shape index (κ1) is 26.0. The quantitative estimate of drug-likeness (QED) is 0.183. The largest absolute Gasteiger partial charge is 0.345 e. The predicted molar refractivity (Wildman–Crippen MR) is 141 cm³/mol. The van der Waals surface area contributed by atoms with Gasteiger partial charge in [0.2, 0.25) is 5.91 Å². The minimum absolute atomic E-state index is 0.0206. The van der Waals surface area contributed by atoms with Gasteiger partial charge in [0.15, 0.2) is 16.1 Å². The lowest BCUT2D eigenvalue weighted by molar-refractivity contribution is -0.385. The highest BCUT2D eigenvalue weighted by Crippen LogP contribution is 2.26. The molecule has 2 heterocycles. The fourth-order valence-electron chi connectivity index (χ4n) is 3.49. The second kappa shape index (κ2) is 11.3. The van der Waals surface area contributed by atoms with E-state index in [1.54, 1.807) is 18.5 Å². The molecule has 2 N–H and O–H groups in total. The predicted octanol–water partition coefficient (Wildman–Crippen LogP) is 4.22. The van der Waals surface area contributed by atoms with Crippen molar-refractivity contribution in [2.45, 2.75) is 32.5 Å². The van der Waals surface area contributed by atoms with E-state index < -0.39 is 10.8 Å². The molecule has 0 aliphatic carbocycles. The van der Waals surface area contributed by atoms with Crippen molar-refractivity contribution in [3.63, 3.8) is 0 Å². The first-order valence-electron chi connectivity index (χ1n) is 11.1. The highest BCUT2D eigenvalue weighted by Gasteiger charge is 2.20. The van der Waals surface area contributed by atoms with Crippen LogP contribution in [0.3, 0.4) is 0 Å². The van der Waals surface area contributed by atoms with E-state index >= 15 is 0 Å². The molecule has 11 nitrogen and oxygen atoms in total. The second-order valence-electron chi connectivity index (χ2n) is 8.14. The van der Waals surface area contributed by atoms with Gasteiger partial charge in [0.25, 0.3) is 11.6 Å². The number of hydrogen-bond donors (Lipinski definition) is 2. The van der Waals surface area contributed by atoms with Crippen molar-refractivity contribution in [3.8, 4) is 5.69 Å². The average molecular weight is 538 g/mol. The Balaban J connectivity index is 1.56. The molecule has 0 atom stereocenters. The molecule has 0 fully saturated rings. The van der Waals surface area contributed by atoms with E-state index in [1.165, 1.54) is 41.3 Å². The smallest absolute Gasteiger partial charge is 0.273 e. The number of hydrogen-bond acceptors (Lipinski definition) is 9. The van der Waals surface area contributed by atoms with Crippen LogP contribution in [0.5, 0.6) is 0 Å². The van der Waals surface area contributed by atoms with Crippen molar-refractivity contribution < 1.29 is 14.5 Å². The summed E-state index contributed by atoms with van der Waals surface area (Å²) in [6, 6.07) is 10.3. The first-order chi connectivity index (χ1) is 17.7. The van der Waals surface area contributed by atoms with Gasteiger partial charge in [-0.25, -0.2) is 4.98 Å². The van der Waals surface area contributed by atoms with Crippen LogP contribution in [0.15, 0.2) is 53.1 Å². The molecule has 0 aliphatic rings. The maximum Gasteiger partial charge on any atom is 0.273 e. The summed E-state index contributed by atoms with van der Waals surface area (Å²) >= 11 is 2.54. The third-order valence-corrected chi connectivity index (χ3v) is 7.01. The SMILES string of the molecule is Cc1ccc(C)c(-n2c(CNC(=O)c3ccc(C)c([N+](=O)[O-])c3)nnc2SCC(=O)Nc2nccs2)c1. The Morgan fingerprint density at radius 3 is 2.62 bits per heavy atom. The van der Waals surface area contributed by atoms with Gasteiger partial charge in [-0.15, -0.1) is 21.5 Å². The van der Waals surface area contributed by atoms with Crippen LogP contribution < -0.4 is 10.6 Å². The molecule has 2 amide bonds. The number of aryl methyl sites for hydroxylation is 3. The Bertz CT molecular complexity index is 1470. The van der Waals surface area contributed by atoms with Crippen molar-refractivity contribution in [2.24, 2.45) is 0 Å². The fourth-order valence-corrected chi connectivity index (χ4v) is 4.80. The molecule has 0 unspecified atom stereocenters. The Kier molecular flexibility index (Phi) is 7.94. The zero-order chi connectivity index (χ0) is 26.5. The van der Waals surface area contributed by atoms with Crippen LogP contribution in [0.2, 0.25) is 0 Å². The van der Waals surface area contributed by atoms with Crippen LogP contribution >= 0.6 is 23.1 Å². The van der Waals surface area contributed by atoms with Crippen LogP contribution in [-0.4, -0.2) is 42.2 Å². The molecule has 0 aliphatic heterocycles. The molecule has 0 saturated carbocycles. The highest BCUT2D eigenvalue weighted by molar-refractivity contribution is 7.99. The van der Waals surface area contributed by atoms with Crippen LogP contribution in [0.4, 0.5) is 10.8 Å². The van der Waals surface area contributed by atoms with E-state index in [0.29, 0.717) is 21.7 Å². The molecule has 37 heavy (non-hydrogen) atoms. The van der Waals surface area contributed by atoms with Gasteiger partial charge < -0.3 is 10.6 Å². The van der Waals surface area contributed by atoms with E-state index in [2.05, 4.69) is 25.8 Å². The minimum Gasteiger partial charge on any atom is -0.345 e. The Labute approximate surface area is 220 Å². The summed E-state index contributed by atoms with van der Waals surface area (Å²) in [7, 11) is 0. The molecule has 13 heteroatoms. The van der Waals surface area contributed by atoms with Crippen molar-refractivity contribution >= 4 is 45.7 Å².